The molecule has 1 aromatic carbocycles. The van der Waals surface area contributed by atoms with Crippen molar-refractivity contribution in [2.24, 2.45) is 0 Å². The number of benzene rings is 1. The molecule has 2 nitrogen and oxygen atoms in total. The molecule has 0 aromatic heterocycles. The van der Waals surface area contributed by atoms with Crippen molar-refractivity contribution in [2.75, 3.05) is 10.2 Å². The van der Waals surface area contributed by atoms with Gasteiger partial charge in [0.15, 0.2) is 0 Å². The molecule has 0 spiro atoms. The smallest absolute Gasteiger partial charge is 0.0372 e. The summed E-state index contributed by atoms with van der Waals surface area (Å²) in [6, 6.07) is 11.0. The van der Waals surface area contributed by atoms with Gasteiger partial charge in [0.2, 0.25) is 0 Å². The van der Waals surface area contributed by atoms with Crippen LogP contribution in [0.25, 0.3) is 0 Å². The number of hydrogen-bond acceptors (Lipinski definition) is 2. The Morgan fingerprint density at radius 2 is 1.64 bits per heavy atom. The number of nitrogens with zero attached hydrogens (tertiary/aromatic N) is 1. The van der Waals surface area contributed by atoms with Crippen LogP contribution in [0.15, 0.2) is 24.3 Å². The van der Waals surface area contributed by atoms with Crippen molar-refractivity contribution in [3.63, 3.8) is 0 Å². The van der Waals surface area contributed by atoms with Crippen molar-refractivity contribution in [3.05, 3.63) is 24.3 Å². The van der Waals surface area contributed by atoms with Crippen LogP contribution in [0.1, 0.15) is 72.6 Å². The van der Waals surface area contributed by atoms with Crippen LogP contribution >= 0.6 is 0 Å². The van der Waals surface area contributed by atoms with E-state index in [1.54, 1.807) is 0 Å². The monoisotopic (exact) mass is 302 g/mol. The Hall–Kier alpha value is -1.18. The largest absolute Gasteiger partial charge is 0.383 e. The summed E-state index contributed by atoms with van der Waals surface area (Å²) in [7, 11) is 0. The third-order valence-electron chi connectivity index (χ3n) is 5.22. The molecule has 1 aliphatic carbocycles. The molecule has 124 valence electrons. The van der Waals surface area contributed by atoms with E-state index in [-0.39, 0.29) is 0 Å². The van der Waals surface area contributed by atoms with Crippen LogP contribution in [0.5, 0.6) is 0 Å². The van der Waals surface area contributed by atoms with Crippen molar-refractivity contribution in [1.29, 1.82) is 0 Å². The highest BCUT2D eigenvalue weighted by Gasteiger charge is 2.24. The fraction of sp³-hybridized carbons (Fsp3) is 0.700. The Labute approximate surface area is 137 Å². The lowest BCUT2D eigenvalue weighted by Gasteiger charge is -2.40. The topological polar surface area (TPSA) is 15.3 Å². The SMILES string of the molecule is CCC(C)Nc1ccc(N(C(C)CC)C2CCCCC2)cc1. The van der Waals surface area contributed by atoms with Gasteiger partial charge in [-0.15, -0.1) is 0 Å². The van der Waals surface area contributed by atoms with Crippen LogP contribution in [0, 0.1) is 0 Å². The first kappa shape index (κ1) is 17.2. The van der Waals surface area contributed by atoms with Crippen molar-refractivity contribution in [3.8, 4) is 0 Å². The van der Waals surface area contributed by atoms with Crippen molar-refractivity contribution < 1.29 is 0 Å². The lowest BCUT2D eigenvalue weighted by molar-refractivity contribution is 0.389. The van der Waals surface area contributed by atoms with Crippen LogP contribution in [0.4, 0.5) is 11.4 Å². The standard InChI is InChI=1S/C20H34N2/c1-5-16(3)21-18-12-14-20(15-13-18)22(17(4)6-2)19-10-8-7-9-11-19/h12-17,19,21H,5-11H2,1-4H3. The third-order valence-corrected chi connectivity index (χ3v) is 5.22. The molecule has 0 bridgehead atoms. The normalized spacial score (nSPS) is 18.7. The Bertz CT molecular complexity index is 420. The lowest BCUT2D eigenvalue weighted by Crippen LogP contribution is -2.42. The second-order valence-corrected chi connectivity index (χ2v) is 6.96. The Morgan fingerprint density at radius 3 is 2.18 bits per heavy atom. The number of hydrogen-bond donors (Lipinski definition) is 1. The summed E-state index contributed by atoms with van der Waals surface area (Å²) in [5, 5.41) is 3.56. The van der Waals surface area contributed by atoms with Gasteiger partial charge in [0.25, 0.3) is 0 Å². The predicted octanol–water partition coefficient (Wildman–Crippen LogP) is 5.83. The molecule has 1 aromatic rings. The minimum atomic E-state index is 0.537. The molecule has 1 N–H and O–H groups in total. The van der Waals surface area contributed by atoms with Crippen LogP contribution < -0.4 is 10.2 Å². The second-order valence-electron chi connectivity index (χ2n) is 6.96. The molecule has 2 heteroatoms. The molecule has 2 unspecified atom stereocenters. The van der Waals surface area contributed by atoms with Crippen LogP contribution in [-0.4, -0.2) is 18.1 Å². The molecule has 1 fully saturated rings. The third kappa shape index (κ3) is 4.41. The maximum Gasteiger partial charge on any atom is 0.0372 e. The van der Waals surface area contributed by atoms with E-state index in [1.807, 2.05) is 0 Å². The van der Waals surface area contributed by atoms with Gasteiger partial charge < -0.3 is 10.2 Å². The average Bonchev–Trinajstić information content (AvgIpc) is 2.57. The first-order valence-electron chi connectivity index (χ1n) is 9.30. The van der Waals surface area contributed by atoms with Gasteiger partial charge in [-0.3, -0.25) is 0 Å². The van der Waals surface area contributed by atoms with E-state index in [9.17, 15) is 0 Å². The van der Waals surface area contributed by atoms with Gasteiger partial charge in [0.05, 0.1) is 0 Å². The fourth-order valence-corrected chi connectivity index (χ4v) is 3.50. The predicted molar refractivity (Wildman–Crippen MR) is 98.9 cm³/mol. The molecular formula is C20H34N2. The van der Waals surface area contributed by atoms with Crippen molar-refractivity contribution in [2.45, 2.75) is 90.8 Å². The van der Waals surface area contributed by atoms with Crippen LogP contribution in [0.3, 0.4) is 0 Å². The summed E-state index contributed by atoms with van der Waals surface area (Å²) >= 11 is 0. The molecule has 0 saturated heterocycles. The molecule has 22 heavy (non-hydrogen) atoms. The van der Waals surface area contributed by atoms with Crippen LogP contribution in [-0.2, 0) is 0 Å². The van der Waals surface area contributed by atoms with Gasteiger partial charge in [0.1, 0.15) is 0 Å². The maximum absolute atomic E-state index is 3.56. The summed E-state index contributed by atoms with van der Waals surface area (Å²) < 4.78 is 0. The van der Waals surface area contributed by atoms with Gasteiger partial charge in [0, 0.05) is 29.5 Å². The van der Waals surface area contributed by atoms with Crippen LogP contribution in [0.2, 0.25) is 0 Å². The van der Waals surface area contributed by atoms with E-state index in [2.05, 4.69) is 62.2 Å². The molecule has 0 aliphatic heterocycles. The van der Waals surface area contributed by atoms with E-state index in [4.69, 9.17) is 0 Å². The summed E-state index contributed by atoms with van der Waals surface area (Å²) in [5.41, 5.74) is 2.64. The molecule has 1 saturated carbocycles. The Kier molecular flexibility index (Phi) is 6.60. The Morgan fingerprint density at radius 1 is 1.00 bits per heavy atom. The summed E-state index contributed by atoms with van der Waals surface area (Å²) in [6.07, 6.45) is 9.29. The highest BCUT2D eigenvalue weighted by atomic mass is 15.2. The number of nitrogens with one attached hydrogen (secondary N) is 1. The molecular weight excluding hydrogens is 268 g/mol. The minimum Gasteiger partial charge on any atom is -0.383 e. The van der Waals surface area contributed by atoms with Gasteiger partial charge >= 0.3 is 0 Å². The van der Waals surface area contributed by atoms with E-state index < -0.39 is 0 Å². The fourth-order valence-electron chi connectivity index (χ4n) is 3.50. The zero-order valence-electron chi connectivity index (χ0n) is 14.9. The number of anilines is 2. The van der Waals surface area contributed by atoms with E-state index in [0.717, 1.165) is 12.5 Å². The highest BCUT2D eigenvalue weighted by Crippen LogP contribution is 2.30. The van der Waals surface area contributed by atoms with Gasteiger partial charge in [-0.25, -0.2) is 0 Å². The quantitative estimate of drug-likeness (QED) is 0.681. The number of rotatable bonds is 7. The summed E-state index contributed by atoms with van der Waals surface area (Å²) in [4.78, 5) is 2.69. The summed E-state index contributed by atoms with van der Waals surface area (Å²) in [5.74, 6) is 0. The second kappa shape index (κ2) is 8.45. The zero-order valence-corrected chi connectivity index (χ0v) is 14.9. The molecule has 0 amide bonds. The average molecular weight is 303 g/mol. The minimum absolute atomic E-state index is 0.537. The Balaban J connectivity index is 2.13. The van der Waals surface area contributed by atoms with E-state index in [0.29, 0.717) is 12.1 Å². The van der Waals surface area contributed by atoms with Crippen molar-refractivity contribution >= 4 is 11.4 Å². The van der Waals surface area contributed by atoms with Gasteiger partial charge in [-0.05, 0) is 63.8 Å². The molecule has 2 rings (SSSR count). The lowest BCUT2D eigenvalue weighted by atomic mass is 9.92. The van der Waals surface area contributed by atoms with Gasteiger partial charge in [-0.2, -0.15) is 0 Å². The zero-order chi connectivity index (χ0) is 15.9. The van der Waals surface area contributed by atoms with Gasteiger partial charge in [-0.1, -0.05) is 33.1 Å². The van der Waals surface area contributed by atoms with E-state index in [1.165, 1.54) is 49.9 Å². The first-order valence-corrected chi connectivity index (χ1v) is 9.30. The maximum atomic E-state index is 3.56. The molecule has 1 aliphatic rings. The molecule has 2 atom stereocenters. The summed E-state index contributed by atoms with van der Waals surface area (Å²) in [6.45, 7) is 9.14. The van der Waals surface area contributed by atoms with Crippen molar-refractivity contribution in [1.82, 2.24) is 0 Å². The highest BCUT2D eigenvalue weighted by molar-refractivity contribution is 5.56. The first-order chi connectivity index (χ1) is 10.7. The molecule has 0 heterocycles. The van der Waals surface area contributed by atoms with E-state index >= 15 is 0 Å². The molecule has 0 radical (unpaired) electrons.